The number of halogens is 6. The molecule has 12 nitrogen and oxygen atoms in total. The standard InChI is InChI=1S/C22H16ClF5N10O2/c23-14-2-4-18(36-11-29-33-34-36)19(20(14)24)12-1-3-17(37(39)10-12)16(5-6-40-22(27)28)35-9-13(7-30-35)15-8-31-38(32-15)21(25)26/h1-4,7-11,16,21-22H,5-6H2/t16-/m0/s1. The first-order chi connectivity index (χ1) is 19.2. The van der Waals surface area contributed by atoms with Gasteiger partial charge in [-0.3, -0.25) is 4.68 Å². The summed E-state index contributed by atoms with van der Waals surface area (Å²) in [6.07, 6.45) is 5.99. The van der Waals surface area contributed by atoms with Crippen LogP contribution >= 0.6 is 11.6 Å². The minimum atomic E-state index is -3.05. The van der Waals surface area contributed by atoms with Crippen molar-refractivity contribution in [2.24, 2.45) is 0 Å². The van der Waals surface area contributed by atoms with Gasteiger partial charge >= 0.3 is 13.2 Å². The summed E-state index contributed by atoms with van der Waals surface area (Å²) in [7, 11) is 0. The van der Waals surface area contributed by atoms with E-state index in [0.29, 0.717) is 4.73 Å². The molecular weight excluding hydrogens is 567 g/mol. The fourth-order valence-corrected chi connectivity index (χ4v) is 4.16. The second kappa shape index (κ2) is 11.3. The molecule has 0 saturated heterocycles. The van der Waals surface area contributed by atoms with Crippen LogP contribution in [0.15, 0.2) is 55.4 Å². The summed E-state index contributed by atoms with van der Waals surface area (Å²) >= 11 is 5.99. The van der Waals surface area contributed by atoms with Crippen LogP contribution in [0.2, 0.25) is 5.02 Å². The zero-order valence-corrected chi connectivity index (χ0v) is 20.7. The maximum Gasteiger partial charge on any atom is 0.348 e. The van der Waals surface area contributed by atoms with Gasteiger partial charge in [0.1, 0.15) is 18.1 Å². The third-order valence-electron chi connectivity index (χ3n) is 5.78. The Morgan fingerprint density at radius 1 is 1.05 bits per heavy atom. The van der Waals surface area contributed by atoms with E-state index in [2.05, 4.69) is 35.6 Å². The van der Waals surface area contributed by atoms with Crippen LogP contribution in [0.4, 0.5) is 22.0 Å². The van der Waals surface area contributed by atoms with Crippen LogP contribution < -0.4 is 4.73 Å². The van der Waals surface area contributed by atoms with Crippen molar-refractivity contribution in [2.75, 3.05) is 6.61 Å². The largest absolute Gasteiger partial charge is 0.618 e. The monoisotopic (exact) mass is 582 g/mol. The number of pyridine rings is 1. The van der Waals surface area contributed by atoms with Crippen molar-refractivity contribution in [2.45, 2.75) is 25.6 Å². The van der Waals surface area contributed by atoms with E-state index in [-0.39, 0.29) is 50.0 Å². The van der Waals surface area contributed by atoms with Gasteiger partial charge in [0.15, 0.2) is 12.0 Å². The molecule has 40 heavy (non-hydrogen) atoms. The molecule has 0 radical (unpaired) electrons. The van der Waals surface area contributed by atoms with Gasteiger partial charge in [0.25, 0.3) is 0 Å². The lowest BCUT2D eigenvalue weighted by Gasteiger charge is -2.18. The third kappa shape index (κ3) is 5.46. The molecule has 18 heteroatoms. The van der Waals surface area contributed by atoms with E-state index in [1.165, 1.54) is 52.4 Å². The minimum Gasteiger partial charge on any atom is -0.618 e. The molecule has 0 amide bonds. The Morgan fingerprint density at radius 2 is 1.88 bits per heavy atom. The van der Waals surface area contributed by atoms with Crippen LogP contribution in [0.25, 0.3) is 28.1 Å². The third-order valence-corrected chi connectivity index (χ3v) is 6.07. The smallest absolute Gasteiger partial charge is 0.348 e. The Morgan fingerprint density at radius 3 is 2.55 bits per heavy atom. The fraction of sp³-hybridized carbons (Fsp3) is 0.227. The number of hydrogen-bond acceptors (Lipinski definition) is 8. The normalized spacial score (nSPS) is 12.5. The molecule has 4 aromatic heterocycles. The molecule has 208 valence electrons. The number of aromatic nitrogens is 10. The van der Waals surface area contributed by atoms with Crippen molar-refractivity contribution in [1.29, 1.82) is 0 Å². The molecule has 0 aliphatic rings. The van der Waals surface area contributed by atoms with Crippen molar-refractivity contribution in [3.63, 3.8) is 0 Å². The van der Waals surface area contributed by atoms with E-state index in [0.717, 1.165) is 12.4 Å². The highest BCUT2D eigenvalue weighted by Crippen LogP contribution is 2.33. The maximum absolute atomic E-state index is 15.2. The Kier molecular flexibility index (Phi) is 7.65. The van der Waals surface area contributed by atoms with Crippen LogP contribution in [0.1, 0.15) is 24.7 Å². The topological polar surface area (TPSA) is 128 Å². The number of benzene rings is 1. The summed E-state index contributed by atoms with van der Waals surface area (Å²) in [4.78, 5) is 0.212. The lowest BCUT2D eigenvalue weighted by Crippen LogP contribution is -2.36. The Labute approximate surface area is 225 Å². The molecule has 0 aliphatic heterocycles. The first kappa shape index (κ1) is 27.1. The van der Waals surface area contributed by atoms with Crippen LogP contribution in [-0.4, -0.2) is 58.2 Å². The van der Waals surface area contributed by atoms with Gasteiger partial charge in [0.05, 0.1) is 40.8 Å². The summed E-state index contributed by atoms with van der Waals surface area (Å²) < 4.78 is 73.5. The van der Waals surface area contributed by atoms with Crippen molar-refractivity contribution in [3.05, 3.63) is 77.1 Å². The van der Waals surface area contributed by atoms with E-state index in [4.69, 9.17) is 11.6 Å². The van der Waals surface area contributed by atoms with Crippen molar-refractivity contribution in [3.8, 4) is 28.1 Å². The van der Waals surface area contributed by atoms with Gasteiger partial charge in [0.2, 0.25) is 5.69 Å². The van der Waals surface area contributed by atoms with Gasteiger partial charge in [0, 0.05) is 24.2 Å². The van der Waals surface area contributed by atoms with Crippen LogP contribution in [-0.2, 0) is 4.74 Å². The molecular formula is C22H16ClF5N10O2. The highest BCUT2D eigenvalue weighted by Gasteiger charge is 2.26. The molecule has 4 heterocycles. The molecule has 0 fully saturated rings. The number of ether oxygens (including phenoxy) is 1. The van der Waals surface area contributed by atoms with E-state index < -0.39 is 31.6 Å². The van der Waals surface area contributed by atoms with Crippen molar-refractivity contribution < 1.29 is 31.4 Å². The number of tetrazole rings is 1. The second-order valence-electron chi connectivity index (χ2n) is 8.15. The molecule has 1 atom stereocenters. The minimum absolute atomic E-state index is 0.0407. The van der Waals surface area contributed by atoms with Crippen LogP contribution in [0, 0.1) is 11.0 Å². The van der Waals surface area contributed by atoms with Gasteiger partial charge in [-0.15, -0.1) is 15.0 Å². The van der Waals surface area contributed by atoms with E-state index in [1.807, 2.05) is 0 Å². The van der Waals surface area contributed by atoms with Gasteiger partial charge in [-0.05, 0) is 28.6 Å². The molecule has 0 aliphatic carbocycles. The summed E-state index contributed by atoms with van der Waals surface area (Å²) in [5.41, 5.74) is 0.668. The Balaban J connectivity index is 1.52. The molecule has 0 unspecified atom stereocenters. The van der Waals surface area contributed by atoms with E-state index in [1.54, 1.807) is 0 Å². The quantitative estimate of drug-likeness (QED) is 0.138. The van der Waals surface area contributed by atoms with Gasteiger partial charge < -0.3 is 9.94 Å². The van der Waals surface area contributed by atoms with Gasteiger partial charge in [-0.25, -0.2) is 4.39 Å². The average molecular weight is 583 g/mol. The molecule has 0 saturated carbocycles. The number of hydrogen-bond donors (Lipinski definition) is 0. The molecule has 0 N–H and O–H groups in total. The fourth-order valence-electron chi connectivity index (χ4n) is 4.00. The number of nitrogens with zero attached hydrogens (tertiary/aromatic N) is 10. The Hall–Kier alpha value is -4.51. The number of rotatable bonds is 10. The van der Waals surface area contributed by atoms with Gasteiger partial charge in [-0.2, -0.15) is 37.2 Å². The summed E-state index contributed by atoms with van der Waals surface area (Å²) in [5.74, 6) is -0.821. The molecule has 0 bridgehead atoms. The zero-order chi connectivity index (χ0) is 28.4. The maximum atomic E-state index is 15.2. The molecule has 0 spiro atoms. The van der Waals surface area contributed by atoms with Crippen LogP contribution in [0.5, 0.6) is 0 Å². The number of alkyl halides is 4. The predicted molar refractivity (Wildman–Crippen MR) is 126 cm³/mol. The average Bonchev–Trinajstić information content (AvgIpc) is 3.70. The lowest BCUT2D eigenvalue weighted by atomic mass is 10.0. The second-order valence-corrected chi connectivity index (χ2v) is 8.56. The summed E-state index contributed by atoms with van der Waals surface area (Å²) in [5, 5.41) is 35.2. The summed E-state index contributed by atoms with van der Waals surface area (Å²) in [6.45, 7) is -6.45. The molecule has 1 aromatic carbocycles. The molecule has 5 aromatic rings. The highest BCUT2D eigenvalue weighted by atomic mass is 35.5. The van der Waals surface area contributed by atoms with Crippen molar-refractivity contribution in [1.82, 2.24) is 45.0 Å². The lowest BCUT2D eigenvalue weighted by molar-refractivity contribution is -0.615. The van der Waals surface area contributed by atoms with Crippen LogP contribution in [0.3, 0.4) is 0 Å². The van der Waals surface area contributed by atoms with Gasteiger partial charge in [-0.1, -0.05) is 11.6 Å². The SMILES string of the molecule is [O-][n+]1cc(-c2c(-n3cnnn3)ccc(Cl)c2F)ccc1[C@H](CCOC(F)F)n1cc(-c2cnn(C(F)F)n2)cn1. The summed E-state index contributed by atoms with van der Waals surface area (Å²) in [6, 6.07) is 4.64. The molecule has 5 rings (SSSR count). The first-order valence-corrected chi connectivity index (χ1v) is 11.7. The highest BCUT2D eigenvalue weighted by molar-refractivity contribution is 6.31. The first-order valence-electron chi connectivity index (χ1n) is 11.3. The predicted octanol–water partition coefficient (Wildman–Crippen LogP) is 3.82. The van der Waals surface area contributed by atoms with E-state index >= 15 is 4.39 Å². The van der Waals surface area contributed by atoms with E-state index in [9.17, 15) is 22.8 Å². The van der Waals surface area contributed by atoms with Crippen molar-refractivity contribution >= 4 is 11.6 Å². The zero-order valence-electron chi connectivity index (χ0n) is 19.9. The Bertz CT molecular complexity index is 1610.